The molecule has 0 radical (unpaired) electrons. The molecule has 2 nitrogen and oxygen atoms in total. The number of halogens is 1. The molecule has 0 bridgehead atoms. The van der Waals surface area contributed by atoms with Gasteiger partial charge in [-0.25, -0.2) is 0 Å². The van der Waals surface area contributed by atoms with Crippen LogP contribution in [0.15, 0.2) is 28.7 Å². The Kier molecular flexibility index (Phi) is 5.36. The van der Waals surface area contributed by atoms with Gasteiger partial charge in [0, 0.05) is 22.6 Å². The first-order valence-electron chi connectivity index (χ1n) is 8.49. The van der Waals surface area contributed by atoms with Crippen LogP contribution in [0.5, 0.6) is 0 Å². The molecule has 1 heterocycles. The van der Waals surface area contributed by atoms with Crippen molar-refractivity contribution in [3.05, 3.63) is 34.3 Å². The van der Waals surface area contributed by atoms with Crippen LogP contribution in [0.1, 0.15) is 57.1 Å². The van der Waals surface area contributed by atoms with E-state index in [-0.39, 0.29) is 0 Å². The van der Waals surface area contributed by atoms with Gasteiger partial charge in [-0.1, -0.05) is 47.0 Å². The van der Waals surface area contributed by atoms with Gasteiger partial charge in [-0.3, -0.25) is 0 Å². The van der Waals surface area contributed by atoms with Gasteiger partial charge < -0.3 is 10.6 Å². The molecule has 3 heteroatoms. The minimum absolute atomic E-state index is 0.410. The predicted molar refractivity (Wildman–Crippen MR) is 92.5 cm³/mol. The van der Waals surface area contributed by atoms with Gasteiger partial charge in [0.15, 0.2) is 0 Å². The van der Waals surface area contributed by atoms with Gasteiger partial charge in [-0.15, -0.1) is 0 Å². The SMILES string of the molecule is C[C@H](NC1CCCCC1C1CCCN1)c1ccccc1Br. The second-order valence-electron chi connectivity index (χ2n) is 6.67. The summed E-state index contributed by atoms with van der Waals surface area (Å²) in [7, 11) is 0. The van der Waals surface area contributed by atoms with Gasteiger partial charge in [0.05, 0.1) is 0 Å². The summed E-state index contributed by atoms with van der Waals surface area (Å²) in [5.41, 5.74) is 1.38. The standard InChI is InChI=1S/C18H27BrN2/c1-13(14-7-2-4-9-16(14)19)21-18-10-5-3-8-15(18)17-11-6-12-20-17/h2,4,7,9,13,15,17-18,20-21H,3,5-6,8,10-12H2,1H3/t13-,15?,17?,18?/m0/s1. The molecule has 4 atom stereocenters. The summed E-state index contributed by atoms with van der Waals surface area (Å²) < 4.78 is 1.22. The number of nitrogens with one attached hydrogen (secondary N) is 2. The van der Waals surface area contributed by atoms with Crippen LogP contribution in [0.4, 0.5) is 0 Å². The predicted octanol–water partition coefficient (Wildman–Crippen LogP) is 4.41. The molecule has 116 valence electrons. The lowest BCUT2D eigenvalue weighted by Gasteiger charge is -2.38. The minimum Gasteiger partial charge on any atom is -0.314 e. The van der Waals surface area contributed by atoms with E-state index in [0.29, 0.717) is 12.1 Å². The second-order valence-corrected chi connectivity index (χ2v) is 7.52. The van der Waals surface area contributed by atoms with Crippen molar-refractivity contribution in [2.24, 2.45) is 5.92 Å². The molecule has 1 aliphatic carbocycles. The van der Waals surface area contributed by atoms with Gasteiger partial charge in [-0.2, -0.15) is 0 Å². The van der Waals surface area contributed by atoms with Crippen molar-refractivity contribution in [3.63, 3.8) is 0 Å². The Morgan fingerprint density at radius 2 is 1.95 bits per heavy atom. The third-order valence-corrected chi connectivity index (χ3v) is 5.99. The number of hydrogen-bond donors (Lipinski definition) is 2. The fraction of sp³-hybridized carbons (Fsp3) is 0.667. The summed E-state index contributed by atoms with van der Waals surface area (Å²) >= 11 is 3.69. The summed E-state index contributed by atoms with van der Waals surface area (Å²) in [4.78, 5) is 0. The fourth-order valence-electron chi connectivity index (χ4n) is 4.16. The quantitative estimate of drug-likeness (QED) is 0.840. The number of hydrogen-bond acceptors (Lipinski definition) is 2. The Morgan fingerprint density at radius 1 is 1.14 bits per heavy atom. The average Bonchev–Trinajstić information content (AvgIpc) is 3.02. The molecule has 1 aliphatic heterocycles. The van der Waals surface area contributed by atoms with Crippen molar-refractivity contribution >= 4 is 15.9 Å². The normalized spacial score (nSPS) is 31.2. The lowest BCUT2D eigenvalue weighted by Crippen LogP contribution is -2.47. The zero-order valence-electron chi connectivity index (χ0n) is 12.9. The third-order valence-electron chi connectivity index (χ3n) is 5.27. The van der Waals surface area contributed by atoms with Crippen molar-refractivity contribution in [2.75, 3.05) is 6.54 Å². The van der Waals surface area contributed by atoms with E-state index in [9.17, 15) is 0 Å². The highest BCUT2D eigenvalue weighted by Gasteiger charge is 2.33. The van der Waals surface area contributed by atoms with Crippen LogP contribution in [0.2, 0.25) is 0 Å². The third kappa shape index (κ3) is 3.69. The highest BCUT2D eigenvalue weighted by Crippen LogP contribution is 2.33. The second kappa shape index (κ2) is 7.26. The molecule has 3 unspecified atom stereocenters. The molecule has 0 spiro atoms. The molecular formula is C18H27BrN2. The largest absolute Gasteiger partial charge is 0.314 e. The molecule has 2 fully saturated rings. The van der Waals surface area contributed by atoms with E-state index in [1.807, 2.05) is 0 Å². The Balaban J connectivity index is 1.68. The summed E-state index contributed by atoms with van der Waals surface area (Å²) in [6.07, 6.45) is 8.23. The smallest absolute Gasteiger partial charge is 0.0305 e. The first kappa shape index (κ1) is 15.5. The van der Waals surface area contributed by atoms with Crippen LogP contribution in [0, 0.1) is 5.92 Å². The molecule has 21 heavy (non-hydrogen) atoms. The number of benzene rings is 1. The van der Waals surface area contributed by atoms with Crippen molar-refractivity contribution in [1.82, 2.24) is 10.6 Å². The zero-order chi connectivity index (χ0) is 14.7. The molecule has 1 saturated heterocycles. The topological polar surface area (TPSA) is 24.1 Å². The van der Waals surface area contributed by atoms with E-state index in [2.05, 4.69) is 57.8 Å². The van der Waals surface area contributed by atoms with Gasteiger partial charge in [0.2, 0.25) is 0 Å². The molecule has 2 aliphatic rings. The van der Waals surface area contributed by atoms with Crippen LogP contribution < -0.4 is 10.6 Å². The van der Waals surface area contributed by atoms with Gasteiger partial charge in [0.1, 0.15) is 0 Å². The molecule has 2 N–H and O–H groups in total. The lowest BCUT2D eigenvalue weighted by molar-refractivity contribution is 0.203. The summed E-state index contributed by atoms with van der Waals surface area (Å²) in [5, 5.41) is 7.66. The zero-order valence-corrected chi connectivity index (χ0v) is 14.5. The van der Waals surface area contributed by atoms with E-state index in [1.165, 1.54) is 55.1 Å². The molecule has 1 aromatic carbocycles. The van der Waals surface area contributed by atoms with E-state index in [1.54, 1.807) is 0 Å². The maximum atomic E-state index is 3.93. The monoisotopic (exact) mass is 350 g/mol. The molecule has 1 saturated carbocycles. The van der Waals surface area contributed by atoms with Gasteiger partial charge in [0.25, 0.3) is 0 Å². The van der Waals surface area contributed by atoms with Crippen LogP contribution in [0.3, 0.4) is 0 Å². The molecule has 0 aromatic heterocycles. The van der Waals surface area contributed by atoms with Crippen molar-refractivity contribution < 1.29 is 0 Å². The maximum Gasteiger partial charge on any atom is 0.0305 e. The first-order valence-corrected chi connectivity index (χ1v) is 9.29. The van der Waals surface area contributed by atoms with Crippen LogP contribution in [0.25, 0.3) is 0 Å². The van der Waals surface area contributed by atoms with Crippen LogP contribution >= 0.6 is 15.9 Å². The van der Waals surface area contributed by atoms with Crippen molar-refractivity contribution in [2.45, 2.75) is 63.6 Å². The van der Waals surface area contributed by atoms with Gasteiger partial charge in [-0.05, 0) is 56.7 Å². The highest BCUT2D eigenvalue weighted by molar-refractivity contribution is 9.10. The average molecular weight is 351 g/mol. The Morgan fingerprint density at radius 3 is 2.71 bits per heavy atom. The number of rotatable bonds is 4. The van der Waals surface area contributed by atoms with Crippen LogP contribution in [-0.4, -0.2) is 18.6 Å². The van der Waals surface area contributed by atoms with E-state index >= 15 is 0 Å². The highest BCUT2D eigenvalue weighted by atomic mass is 79.9. The van der Waals surface area contributed by atoms with Gasteiger partial charge >= 0.3 is 0 Å². The Bertz CT molecular complexity index is 456. The lowest BCUT2D eigenvalue weighted by atomic mass is 9.79. The minimum atomic E-state index is 0.410. The summed E-state index contributed by atoms with van der Waals surface area (Å²) in [6, 6.07) is 10.4. The molecular weight excluding hydrogens is 324 g/mol. The van der Waals surface area contributed by atoms with E-state index < -0.39 is 0 Å². The Hall–Kier alpha value is -0.380. The summed E-state index contributed by atoms with van der Waals surface area (Å²) in [6.45, 7) is 3.52. The van der Waals surface area contributed by atoms with Crippen molar-refractivity contribution in [1.29, 1.82) is 0 Å². The fourth-order valence-corrected chi connectivity index (χ4v) is 4.79. The Labute approximate surface area is 137 Å². The molecule has 1 aromatic rings. The molecule has 0 amide bonds. The maximum absolute atomic E-state index is 3.93. The van der Waals surface area contributed by atoms with E-state index in [4.69, 9.17) is 0 Å². The van der Waals surface area contributed by atoms with Crippen LogP contribution in [-0.2, 0) is 0 Å². The summed E-state index contributed by atoms with van der Waals surface area (Å²) in [5.74, 6) is 0.811. The van der Waals surface area contributed by atoms with E-state index in [0.717, 1.165) is 12.0 Å². The van der Waals surface area contributed by atoms with Crippen molar-refractivity contribution in [3.8, 4) is 0 Å². The molecule has 3 rings (SSSR count). The first-order chi connectivity index (χ1) is 10.3.